The van der Waals surface area contributed by atoms with Gasteiger partial charge in [0.25, 0.3) is 0 Å². The molecule has 284 valence electrons. The lowest BCUT2D eigenvalue weighted by Gasteiger charge is -2.48. The fraction of sp³-hybridized carbons (Fsp3) is 0.714. The first-order valence-corrected chi connectivity index (χ1v) is 14.0. The summed E-state index contributed by atoms with van der Waals surface area (Å²) in [5.74, 6) is -4.86. The Balaban J connectivity index is 5.93. The zero-order valence-corrected chi connectivity index (χ0v) is 26.9. The van der Waals surface area contributed by atoms with Crippen LogP contribution in [0.4, 0.5) is 48.7 Å². The molecule has 0 aliphatic rings. The standard InChI is InChI=1S/C28H37F10NO10/c1-8-17(40)47-15-21(5,16-48-18(41)9-2)39-20(43)46-14-12-13-45-19(42)24(29,26(31,32)33)23(7,11-4)49-28(37,38)25(30,27(34,35)36)22(6,44)10-3/h8-9,44H,1-2,10-16H2,3-7H3,(H,39,43). The van der Waals surface area contributed by atoms with Crippen LogP contribution in [0.1, 0.15) is 53.9 Å². The Morgan fingerprint density at radius 1 is 0.714 bits per heavy atom. The van der Waals surface area contributed by atoms with Gasteiger partial charge in [-0.05, 0) is 33.6 Å². The minimum atomic E-state index is -6.70. The van der Waals surface area contributed by atoms with Gasteiger partial charge in [-0.2, -0.15) is 35.1 Å². The SMILES string of the molecule is C=CC(=O)OCC(C)(COC(=O)C=C)NC(=O)OCCCOC(=O)C(F)(C(F)(F)F)C(C)(CC)OC(F)(F)C(F)(C(F)(F)F)C(C)(O)CC. The number of ether oxygens (including phenoxy) is 5. The minimum Gasteiger partial charge on any atom is -0.463 e. The molecule has 0 saturated carbocycles. The van der Waals surface area contributed by atoms with Crippen molar-refractivity contribution < 1.29 is 91.9 Å². The molecule has 0 aromatic rings. The third-order valence-electron chi connectivity index (χ3n) is 7.21. The number of esters is 3. The lowest BCUT2D eigenvalue weighted by atomic mass is 9.79. The first-order valence-electron chi connectivity index (χ1n) is 14.0. The molecule has 0 bridgehead atoms. The Hall–Kier alpha value is -3.62. The van der Waals surface area contributed by atoms with Gasteiger partial charge >= 0.3 is 53.8 Å². The van der Waals surface area contributed by atoms with Crippen molar-refractivity contribution in [1.29, 1.82) is 0 Å². The number of hydrogen-bond donors (Lipinski definition) is 2. The van der Waals surface area contributed by atoms with Crippen LogP contribution in [0.25, 0.3) is 0 Å². The number of alkyl carbamates (subject to hydrolysis) is 1. The van der Waals surface area contributed by atoms with Crippen LogP contribution in [0.5, 0.6) is 0 Å². The topological polar surface area (TPSA) is 147 Å². The highest BCUT2D eigenvalue weighted by molar-refractivity contribution is 5.83. The fourth-order valence-electron chi connectivity index (χ4n) is 3.86. The smallest absolute Gasteiger partial charge is 0.436 e. The van der Waals surface area contributed by atoms with E-state index in [9.17, 15) is 59.4 Å². The molecular formula is C28H37F10NO10. The zero-order valence-electron chi connectivity index (χ0n) is 26.9. The number of halogens is 10. The molecule has 21 heteroatoms. The number of aliphatic hydroxyl groups is 1. The van der Waals surface area contributed by atoms with Crippen molar-refractivity contribution in [3.63, 3.8) is 0 Å². The normalized spacial score (nSPS) is 17.6. The Morgan fingerprint density at radius 3 is 1.53 bits per heavy atom. The summed E-state index contributed by atoms with van der Waals surface area (Å²) in [7, 11) is 0. The lowest BCUT2D eigenvalue weighted by molar-refractivity contribution is -0.448. The van der Waals surface area contributed by atoms with Crippen molar-refractivity contribution in [1.82, 2.24) is 5.32 Å². The summed E-state index contributed by atoms with van der Waals surface area (Å²) in [6.07, 6.45) is -23.1. The average Bonchev–Trinajstić information content (AvgIpc) is 2.99. The monoisotopic (exact) mass is 737 g/mol. The molecule has 0 aromatic heterocycles. The predicted octanol–water partition coefficient (Wildman–Crippen LogP) is 5.34. The number of alkyl halides is 10. The highest BCUT2D eigenvalue weighted by atomic mass is 19.4. The fourth-order valence-corrected chi connectivity index (χ4v) is 3.86. The molecule has 0 heterocycles. The zero-order chi connectivity index (χ0) is 38.9. The molecule has 0 fully saturated rings. The predicted molar refractivity (Wildman–Crippen MR) is 146 cm³/mol. The van der Waals surface area contributed by atoms with Crippen LogP contribution in [0.3, 0.4) is 0 Å². The van der Waals surface area contributed by atoms with E-state index in [0.717, 1.165) is 12.2 Å². The molecule has 0 spiro atoms. The maximum atomic E-state index is 15.8. The highest BCUT2D eigenvalue weighted by Crippen LogP contribution is 2.57. The molecule has 2 N–H and O–H groups in total. The van der Waals surface area contributed by atoms with Crippen molar-refractivity contribution >= 4 is 24.0 Å². The summed E-state index contributed by atoms with van der Waals surface area (Å²) in [5.41, 5.74) is -21.7. The number of hydrogen-bond acceptors (Lipinski definition) is 10. The molecule has 4 unspecified atom stereocenters. The van der Waals surface area contributed by atoms with Crippen molar-refractivity contribution in [2.75, 3.05) is 26.4 Å². The summed E-state index contributed by atoms with van der Waals surface area (Å²) in [4.78, 5) is 47.5. The van der Waals surface area contributed by atoms with Gasteiger partial charge in [0, 0.05) is 18.6 Å². The van der Waals surface area contributed by atoms with Crippen LogP contribution in [-0.4, -0.2) is 102 Å². The van der Waals surface area contributed by atoms with E-state index >= 15 is 8.78 Å². The van der Waals surface area contributed by atoms with Crippen LogP contribution >= 0.6 is 0 Å². The van der Waals surface area contributed by atoms with Crippen molar-refractivity contribution in [3.05, 3.63) is 25.3 Å². The van der Waals surface area contributed by atoms with Crippen LogP contribution in [-0.2, 0) is 38.1 Å². The van der Waals surface area contributed by atoms with E-state index in [1.807, 2.05) is 0 Å². The van der Waals surface area contributed by atoms with E-state index in [0.29, 0.717) is 13.8 Å². The Labute approximate surface area is 273 Å². The Bertz CT molecular complexity index is 1190. The third-order valence-corrected chi connectivity index (χ3v) is 7.21. The van der Waals surface area contributed by atoms with E-state index in [1.165, 1.54) is 6.92 Å². The quantitative estimate of drug-likeness (QED) is 0.0586. The third kappa shape index (κ3) is 10.2. The maximum Gasteiger partial charge on any atom is 0.436 e. The minimum absolute atomic E-state index is 0.0418. The van der Waals surface area contributed by atoms with E-state index in [2.05, 4.69) is 27.9 Å². The van der Waals surface area contributed by atoms with E-state index in [4.69, 9.17) is 14.2 Å². The van der Waals surface area contributed by atoms with Crippen molar-refractivity contribution in [2.24, 2.45) is 0 Å². The lowest BCUT2D eigenvalue weighted by Crippen LogP contribution is -2.73. The van der Waals surface area contributed by atoms with Gasteiger partial charge in [0.1, 0.15) is 30.0 Å². The van der Waals surface area contributed by atoms with Gasteiger partial charge < -0.3 is 34.1 Å². The summed E-state index contributed by atoms with van der Waals surface area (Å²) in [5, 5.41) is 12.1. The average molecular weight is 738 g/mol. The van der Waals surface area contributed by atoms with Gasteiger partial charge in [-0.3, -0.25) is 0 Å². The van der Waals surface area contributed by atoms with Crippen LogP contribution < -0.4 is 5.32 Å². The van der Waals surface area contributed by atoms with Gasteiger partial charge in [0.15, 0.2) is 0 Å². The highest BCUT2D eigenvalue weighted by Gasteiger charge is 2.83. The molecule has 49 heavy (non-hydrogen) atoms. The first-order chi connectivity index (χ1) is 22.0. The number of rotatable bonds is 19. The second kappa shape index (κ2) is 16.4. The molecule has 0 aliphatic heterocycles. The molecule has 0 saturated heterocycles. The second-order valence-electron chi connectivity index (χ2n) is 11.1. The van der Waals surface area contributed by atoms with Gasteiger partial charge in [-0.15, -0.1) is 0 Å². The van der Waals surface area contributed by atoms with Gasteiger partial charge in [-0.25, -0.2) is 28.0 Å². The van der Waals surface area contributed by atoms with E-state index in [1.54, 1.807) is 0 Å². The second-order valence-corrected chi connectivity index (χ2v) is 11.1. The first kappa shape index (κ1) is 45.4. The van der Waals surface area contributed by atoms with Gasteiger partial charge in [0.05, 0.1) is 13.2 Å². The summed E-state index contributed by atoms with van der Waals surface area (Å²) < 4.78 is 166. The van der Waals surface area contributed by atoms with Crippen molar-refractivity contribution in [2.45, 2.75) is 100 Å². The molecule has 0 aliphatic carbocycles. The summed E-state index contributed by atoms with van der Waals surface area (Å²) in [6.45, 7) is 5.26. The molecular weight excluding hydrogens is 700 g/mol. The van der Waals surface area contributed by atoms with E-state index in [-0.39, 0.29) is 13.8 Å². The Kier molecular flexibility index (Phi) is 15.2. The van der Waals surface area contributed by atoms with Crippen LogP contribution in [0.15, 0.2) is 25.3 Å². The molecule has 11 nitrogen and oxygen atoms in total. The maximum absolute atomic E-state index is 15.8. The van der Waals surface area contributed by atoms with Gasteiger partial charge in [0.2, 0.25) is 0 Å². The molecule has 4 atom stereocenters. The summed E-state index contributed by atoms with van der Waals surface area (Å²) >= 11 is 0. The number of amides is 1. The van der Waals surface area contributed by atoms with Crippen molar-refractivity contribution in [3.8, 4) is 0 Å². The molecule has 0 radical (unpaired) electrons. The van der Waals surface area contributed by atoms with Gasteiger partial charge in [-0.1, -0.05) is 27.0 Å². The largest absolute Gasteiger partial charge is 0.463 e. The van der Waals surface area contributed by atoms with E-state index < -0.39 is 116 Å². The van der Waals surface area contributed by atoms with Crippen LogP contribution in [0, 0.1) is 0 Å². The number of carbonyl (C=O) groups excluding carboxylic acids is 4. The van der Waals surface area contributed by atoms with Crippen LogP contribution in [0.2, 0.25) is 0 Å². The molecule has 0 rings (SSSR count). The summed E-state index contributed by atoms with van der Waals surface area (Å²) in [6, 6.07) is 0. The number of nitrogens with one attached hydrogen (secondary N) is 1. The Morgan fingerprint density at radius 2 is 1.16 bits per heavy atom. The molecule has 1 amide bonds. The number of carbonyl (C=O) groups is 4. The molecule has 0 aromatic carbocycles.